The van der Waals surface area contributed by atoms with Crippen molar-refractivity contribution in [1.82, 2.24) is 15.1 Å². The molecule has 0 unspecified atom stereocenters. The number of amides is 1. The van der Waals surface area contributed by atoms with Crippen molar-refractivity contribution < 1.29 is 4.79 Å². The molecule has 0 bridgehead atoms. The Labute approximate surface area is 169 Å². The molecule has 1 aliphatic heterocycles. The topological polar surface area (TPSA) is 49.3 Å². The molecule has 0 atom stereocenters. The number of rotatable bonds is 3. The summed E-state index contributed by atoms with van der Waals surface area (Å²) >= 11 is 6.24. The van der Waals surface area contributed by atoms with Gasteiger partial charge in [-0.15, -0.1) is 10.2 Å². The molecule has 0 radical (unpaired) electrons. The van der Waals surface area contributed by atoms with E-state index in [1.165, 1.54) is 0 Å². The number of nitrogens with zero attached hydrogens (tertiary/aromatic N) is 4. The molecule has 1 fully saturated rings. The van der Waals surface area contributed by atoms with E-state index in [0.29, 0.717) is 18.1 Å². The van der Waals surface area contributed by atoms with Crippen molar-refractivity contribution in [2.24, 2.45) is 0 Å². The Hall–Kier alpha value is -2.92. The summed E-state index contributed by atoms with van der Waals surface area (Å²) in [5.41, 5.74) is 3.41. The second kappa shape index (κ2) is 7.98. The van der Waals surface area contributed by atoms with E-state index in [0.717, 1.165) is 41.3 Å². The number of carbonyl (C=O) groups is 1. The third-order valence-electron chi connectivity index (χ3n) is 5.07. The van der Waals surface area contributed by atoms with Crippen LogP contribution in [0.3, 0.4) is 0 Å². The summed E-state index contributed by atoms with van der Waals surface area (Å²) in [6.07, 6.45) is 0. The highest BCUT2D eigenvalue weighted by molar-refractivity contribution is 6.33. The second-order valence-electron chi connectivity index (χ2n) is 6.85. The van der Waals surface area contributed by atoms with E-state index in [1.807, 2.05) is 72.5 Å². The van der Waals surface area contributed by atoms with Crippen molar-refractivity contribution in [3.05, 3.63) is 76.8 Å². The number of hydrogen-bond acceptors (Lipinski definition) is 4. The maximum absolute atomic E-state index is 12.8. The van der Waals surface area contributed by atoms with E-state index < -0.39 is 0 Å². The Morgan fingerprint density at radius 3 is 2.29 bits per heavy atom. The summed E-state index contributed by atoms with van der Waals surface area (Å²) in [7, 11) is 0. The molecule has 2 heterocycles. The first kappa shape index (κ1) is 18.4. The monoisotopic (exact) mass is 392 g/mol. The highest BCUT2D eigenvalue weighted by atomic mass is 35.5. The maximum atomic E-state index is 12.8. The van der Waals surface area contributed by atoms with Gasteiger partial charge in [0.15, 0.2) is 5.82 Å². The Balaban J connectivity index is 1.42. The van der Waals surface area contributed by atoms with Gasteiger partial charge in [-0.05, 0) is 36.8 Å². The molecular formula is C22H21ClN4O. The van der Waals surface area contributed by atoms with Gasteiger partial charge in [0.05, 0.1) is 10.7 Å². The molecule has 28 heavy (non-hydrogen) atoms. The first-order valence-corrected chi connectivity index (χ1v) is 9.70. The zero-order valence-electron chi connectivity index (χ0n) is 15.7. The average molecular weight is 393 g/mol. The first-order chi connectivity index (χ1) is 13.6. The number of halogens is 1. The zero-order chi connectivity index (χ0) is 19.5. The van der Waals surface area contributed by atoms with Gasteiger partial charge in [0.2, 0.25) is 0 Å². The van der Waals surface area contributed by atoms with Gasteiger partial charge in [-0.2, -0.15) is 0 Å². The summed E-state index contributed by atoms with van der Waals surface area (Å²) in [6, 6.07) is 19.2. The molecule has 4 rings (SSSR count). The summed E-state index contributed by atoms with van der Waals surface area (Å²) in [5, 5.41) is 9.38. The number of carbonyl (C=O) groups excluding carboxylic acids is 1. The lowest BCUT2D eigenvalue weighted by Crippen LogP contribution is -2.49. The molecular weight excluding hydrogens is 372 g/mol. The minimum Gasteiger partial charge on any atom is -0.352 e. The van der Waals surface area contributed by atoms with Crippen molar-refractivity contribution in [3.63, 3.8) is 0 Å². The Bertz CT molecular complexity index is 982. The van der Waals surface area contributed by atoms with E-state index in [9.17, 15) is 4.79 Å². The van der Waals surface area contributed by atoms with Crippen LogP contribution in [0.25, 0.3) is 11.3 Å². The van der Waals surface area contributed by atoms with Crippen LogP contribution in [0.4, 0.5) is 5.82 Å². The molecule has 1 aromatic heterocycles. The molecule has 5 nitrogen and oxygen atoms in total. The average Bonchev–Trinajstić information content (AvgIpc) is 2.74. The quantitative estimate of drug-likeness (QED) is 0.674. The predicted molar refractivity (Wildman–Crippen MR) is 112 cm³/mol. The smallest absolute Gasteiger partial charge is 0.254 e. The maximum Gasteiger partial charge on any atom is 0.254 e. The SMILES string of the molecule is Cc1ccccc1C(=O)N1CCN(c2ccc(-c3ccccc3Cl)nn2)CC1. The van der Waals surface area contributed by atoms with Gasteiger partial charge >= 0.3 is 0 Å². The van der Waals surface area contributed by atoms with Gasteiger partial charge in [-0.3, -0.25) is 4.79 Å². The van der Waals surface area contributed by atoms with Gasteiger partial charge in [0.1, 0.15) is 0 Å². The molecule has 0 saturated carbocycles. The van der Waals surface area contributed by atoms with Crippen LogP contribution in [-0.2, 0) is 0 Å². The molecule has 1 aliphatic rings. The third-order valence-corrected chi connectivity index (χ3v) is 5.40. The van der Waals surface area contributed by atoms with E-state index in [1.54, 1.807) is 0 Å². The lowest BCUT2D eigenvalue weighted by molar-refractivity contribution is 0.0745. The Morgan fingerprint density at radius 1 is 0.893 bits per heavy atom. The third kappa shape index (κ3) is 3.71. The molecule has 2 aromatic carbocycles. The van der Waals surface area contributed by atoms with Crippen LogP contribution in [0.15, 0.2) is 60.7 Å². The van der Waals surface area contributed by atoms with Crippen molar-refractivity contribution in [3.8, 4) is 11.3 Å². The second-order valence-corrected chi connectivity index (χ2v) is 7.26. The van der Waals surface area contributed by atoms with Crippen LogP contribution in [0, 0.1) is 6.92 Å². The van der Waals surface area contributed by atoms with Gasteiger partial charge in [-0.1, -0.05) is 48.0 Å². The molecule has 0 aliphatic carbocycles. The zero-order valence-corrected chi connectivity index (χ0v) is 16.4. The number of benzene rings is 2. The minimum absolute atomic E-state index is 0.0953. The number of hydrogen-bond donors (Lipinski definition) is 0. The van der Waals surface area contributed by atoms with E-state index >= 15 is 0 Å². The summed E-state index contributed by atoms with van der Waals surface area (Å²) in [4.78, 5) is 16.8. The normalized spacial score (nSPS) is 14.2. The van der Waals surface area contributed by atoms with Crippen molar-refractivity contribution in [1.29, 1.82) is 0 Å². The van der Waals surface area contributed by atoms with Crippen LogP contribution < -0.4 is 4.90 Å². The predicted octanol–water partition coefficient (Wildman–Crippen LogP) is 4.07. The Kier molecular flexibility index (Phi) is 5.26. The largest absolute Gasteiger partial charge is 0.352 e. The van der Waals surface area contributed by atoms with Crippen LogP contribution in [0.5, 0.6) is 0 Å². The van der Waals surface area contributed by atoms with Gasteiger partial charge in [0, 0.05) is 37.3 Å². The number of aryl methyl sites for hydroxylation is 1. The van der Waals surface area contributed by atoms with Gasteiger partial charge in [-0.25, -0.2) is 0 Å². The van der Waals surface area contributed by atoms with Crippen molar-refractivity contribution >= 4 is 23.3 Å². The standard InChI is InChI=1S/C22H21ClN4O/c1-16-6-2-3-7-17(16)22(28)27-14-12-26(13-15-27)21-11-10-20(24-25-21)18-8-4-5-9-19(18)23/h2-11H,12-15H2,1H3. The van der Waals surface area contributed by atoms with Crippen molar-refractivity contribution in [2.75, 3.05) is 31.1 Å². The highest BCUT2D eigenvalue weighted by Gasteiger charge is 2.23. The minimum atomic E-state index is 0.0953. The fourth-order valence-electron chi connectivity index (χ4n) is 3.43. The Morgan fingerprint density at radius 2 is 1.61 bits per heavy atom. The van der Waals surface area contributed by atoms with Crippen LogP contribution in [0.1, 0.15) is 15.9 Å². The summed E-state index contributed by atoms with van der Waals surface area (Å²) in [5.74, 6) is 0.914. The fraction of sp³-hybridized carbons (Fsp3) is 0.227. The summed E-state index contributed by atoms with van der Waals surface area (Å²) < 4.78 is 0. The summed E-state index contributed by atoms with van der Waals surface area (Å²) in [6.45, 7) is 4.78. The van der Waals surface area contributed by atoms with E-state index in [-0.39, 0.29) is 5.91 Å². The number of aromatic nitrogens is 2. The molecule has 1 saturated heterocycles. The van der Waals surface area contributed by atoms with Crippen molar-refractivity contribution in [2.45, 2.75) is 6.92 Å². The highest BCUT2D eigenvalue weighted by Crippen LogP contribution is 2.26. The molecule has 142 valence electrons. The molecule has 3 aromatic rings. The van der Waals surface area contributed by atoms with Crippen LogP contribution >= 0.6 is 11.6 Å². The van der Waals surface area contributed by atoms with Gasteiger partial charge in [0.25, 0.3) is 5.91 Å². The number of anilines is 1. The number of piperazine rings is 1. The van der Waals surface area contributed by atoms with Gasteiger partial charge < -0.3 is 9.80 Å². The van der Waals surface area contributed by atoms with E-state index in [2.05, 4.69) is 15.1 Å². The molecule has 1 amide bonds. The fourth-order valence-corrected chi connectivity index (χ4v) is 3.66. The van der Waals surface area contributed by atoms with Crippen LogP contribution in [-0.4, -0.2) is 47.2 Å². The molecule has 0 N–H and O–H groups in total. The lowest BCUT2D eigenvalue weighted by atomic mass is 10.1. The lowest BCUT2D eigenvalue weighted by Gasteiger charge is -2.35. The van der Waals surface area contributed by atoms with E-state index in [4.69, 9.17) is 11.6 Å². The molecule has 6 heteroatoms. The first-order valence-electron chi connectivity index (χ1n) is 9.32. The van der Waals surface area contributed by atoms with Crippen LogP contribution in [0.2, 0.25) is 5.02 Å². The molecule has 0 spiro atoms.